The molecule has 0 spiro atoms. The minimum Gasteiger partial charge on any atom is -0.506 e. The number of rotatable bonds is 18. The summed E-state index contributed by atoms with van der Waals surface area (Å²) in [5.74, 6) is -0.103. The van der Waals surface area contributed by atoms with Gasteiger partial charge in [0.15, 0.2) is 0 Å². The quantitative estimate of drug-likeness (QED) is 0.0742. The third kappa shape index (κ3) is 7.89. The number of unbranched alkanes of at least 4 members (excludes halogenated alkanes) is 11. The van der Waals surface area contributed by atoms with Gasteiger partial charge in [-0.1, -0.05) is 187 Å². The summed E-state index contributed by atoms with van der Waals surface area (Å²) in [4.78, 5) is 14.6. The van der Waals surface area contributed by atoms with E-state index in [-0.39, 0.29) is 11.5 Å². The zero-order valence-corrected chi connectivity index (χ0v) is 30.6. The summed E-state index contributed by atoms with van der Waals surface area (Å²) < 4.78 is 2.39. The van der Waals surface area contributed by atoms with Crippen LogP contribution < -0.4 is 0 Å². The number of fused-ring (bicyclic) bond motifs is 1. The molecule has 1 N–H and O–H groups in total. The van der Waals surface area contributed by atoms with Gasteiger partial charge in [-0.15, -0.1) is 0 Å². The number of nitrogens with zero attached hydrogens (tertiary/aromatic N) is 1. The summed E-state index contributed by atoms with van der Waals surface area (Å²) in [6.45, 7) is 9.63. The van der Waals surface area contributed by atoms with Gasteiger partial charge in [-0.25, -0.2) is 0 Å². The Morgan fingerprint density at radius 2 is 1.22 bits per heavy atom. The molecule has 1 aromatic heterocycles. The predicted molar refractivity (Wildman–Crippen MR) is 217 cm³/mol. The number of Topliss-reactive ketones (excluding diaryl/α,β-unsaturated/α-hetero) is 1. The zero-order valence-electron chi connectivity index (χ0n) is 30.6. The summed E-state index contributed by atoms with van der Waals surface area (Å²) in [7, 11) is 0. The molecule has 0 amide bonds. The van der Waals surface area contributed by atoms with Crippen LogP contribution in [0.25, 0.3) is 38.9 Å². The molecule has 1 aliphatic rings. The summed E-state index contributed by atoms with van der Waals surface area (Å²) in [6, 6.07) is 36.6. The maximum absolute atomic E-state index is 14.6. The van der Waals surface area contributed by atoms with Crippen LogP contribution in [0, 0.1) is 6.92 Å². The Bertz CT molecular complexity index is 2030. The number of hydrogen-bond donors (Lipinski definition) is 1. The van der Waals surface area contributed by atoms with E-state index in [1.165, 1.54) is 70.6 Å². The molecule has 0 saturated heterocycles. The van der Waals surface area contributed by atoms with Crippen molar-refractivity contribution in [3.8, 4) is 11.3 Å². The van der Waals surface area contributed by atoms with Crippen molar-refractivity contribution in [3.05, 3.63) is 149 Å². The molecular weight excluding hydrogens is 623 g/mol. The molecule has 1 heterocycles. The van der Waals surface area contributed by atoms with Gasteiger partial charge in [0.25, 0.3) is 0 Å². The highest BCUT2D eigenvalue weighted by Gasteiger charge is 2.41. The van der Waals surface area contributed by atoms with Crippen LogP contribution in [-0.2, 0) is 11.3 Å². The van der Waals surface area contributed by atoms with Gasteiger partial charge in [-0.3, -0.25) is 4.79 Å². The van der Waals surface area contributed by atoms with Gasteiger partial charge in [0, 0.05) is 28.6 Å². The number of aliphatic hydroxyl groups is 1. The van der Waals surface area contributed by atoms with E-state index in [0.717, 1.165) is 63.0 Å². The minimum atomic E-state index is -0.145. The number of aromatic nitrogens is 1. The highest BCUT2D eigenvalue weighted by Crippen LogP contribution is 2.49. The first-order chi connectivity index (χ1) is 25.0. The fourth-order valence-corrected chi connectivity index (χ4v) is 7.75. The van der Waals surface area contributed by atoms with Gasteiger partial charge >= 0.3 is 0 Å². The second kappa shape index (κ2) is 17.4. The standard InChI is InChI=1S/C48H53NO2/c1-4-5-6-7-8-9-10-11-12-13-14-25-34-49-41-33-24-23-32-40(41)43(46(49)38-29-19-16-20-30-38)45-47(50)44(48(45)51)42(39-31-22-21-26-35(39)2)36(3)37-27-17-15-18-28-37/h15-24,26-33,50H,3-14,25,34H2,1-2H3/b44-42+. The van der Waals surface area contributed by atoms with E-state index in [9.17, 15) is 9.90 Å². The van der Waals surface area contributed by atoms with Crippen molar-refractivity contribution in [2.45, 2.75) is 97.4 Å². The fourth-order valence-electron chi connectivity index (χ4n) is 7.75. The number of aliphatic hydroxyl groups excluding tert-OH is 1. The van der Waals surface area contributed by atoms with E-state index in [0.29, 0.717) is 16.7 Å². The number of carbonyl (C=O) groups is 1. The van der Waals surface area contributed by atoms with E-state index in [4.69, 9.17) is 0 Å². The molecule has 5 aromatic rings. The molecule has 0 saturated carbocycles. The predicted octanol–water partition coefficient (Wildman–Crippen LogP) is 13.3. The monoisotopic (exact) mass is 675 g/mol. The van der Waals surface area contributed by atoms with Crippen LogP contribution in [0.3, 0.4) is 0 Å². The fraction of sp³-hybridized carbons (Fsp3) is 0.312. The number of hydrogen-bond acceptors (Lipinski definition) is 2. The lowest BCUT2D eigenvalue weighted by Crippen LogP contribution is -2.23. The van der Waals surface area contributed by atoms with E-state index in [1.807, 2.05) is 85.8 Å². The van der Waals surface area contributed by atoms with Crippen molar-refractivity contribution >= 4 is 33.4 Å². The van der Waals surface area contributed by atoms with Crippen molar-refractivity contribution in [1.29, 1.82) is 0 Å². The largest absolute Gasteiger partial charge is 0.506 e. The molecule has 3 heteroatoms. The Balaban J connectivity index is 1.33. The molecule has 0 atom stereocenters. The lowest BCUT2D eigenvalue weighted by Gasteiger charge is -2.27. The second-order valence-corrected chi connectivity index (χ2v) is 14.1. The Morgan fingerprint density at radius 1 is 0.667 bits per heavy atom. The van der Waals surface area contributed by atoms with E-state index in [2.05, 4.69) is 48.4 Å². The average molecular weight is 676 g/mol. The third-order valence-electron chi connectivity index (χ3n) is 10.5. The Hall–Kier alpha value is -4.89. The van der Waals surface area contributed by atoms with Gasteiger partial charge in [0.05, 0.1) is 16.8 Å². The summed E-state index contributed by atoms with van der Waals surface area (Å²) in [6.07, 6.45) is 15.7. The second-order valence-electron chi connectivity index (χ2n) is 14.1. The van der Waals surface area contributed by atoms with Crippen LogP contribution in [0.15, 0.2) is 127 Å². The SMILES string of the molecule is C=C(/C(=C1\C(=O)C(c2c(-c3ccccc3)n(CCCCCCCCCCCCCC)c3ccccc23)=C1O)c1ccccc1C)c1ccccc1. The highest BCUT2D eigenvalue weighted by atomic mass is 16.3. The first-order valence-corrected chi connectivity index (χ1v) is 19.2. The van der Waals surface area contributed by atoms with Gasteiger partial charge in [-0.05, 0) is 47.2 Å². The Labute approximate surface area is 305 Å². The molecule has 1 aliphatic carbocycles. The molecule has 0 radical (unpaired) electrons. The van der Waals surface area contributed by atoms with Crippen molar-refractivity contribution < 1.29 is 9.90 Å². The Morgan fingerprint density at radius 3 is 1.84 bits per heavy atom. The number of aryl methyl sites for hydroxylation is 2. The third-order valence-corrected chi connectivity index (χ3v) is 10.5. The van der Waals surface area contributed by atoms with Crippen LogP contribution >= 0.6 is 0 Å². The summed E-state index contributed by atoms with van der Waals surface area (Å²) in [5.41, 5.74) is 8.92. The summed E-state index contributed by atoms with van der Waals surface area (Å²) in [5, 5.41) is 13.1. The van der Waals surface area contributed by atoms with Crippen LogP contribution in [0.4, 0.5) is 0 Å². The van der Waals surface area contributed by atoms with Crippen molar-refractivity contribution in [2.75, 3.05) is 0 Å². The smallest absolute Gasteiger partial charge is 0.201 e. The Kier molecular flexibility index (Phi) is 12.2. The van der Waals surface area contributed by atoms with Crippen LogP contribution in [0.1, 0.15) is 106 Å². The van der Waals surface area contributed by atoms with Crippen molar-refractivity contribution in [1.82, 2.24) is 4.57 Å². The first-order valence-electron chi connectivity index (χ1n) is 19.2. The molecule has 0 fully saturated rings. The number of allylic oxidation sites excluding steroid dienone is 4. The normalized spacial score (nSPS) is 13.9. The van der Waals surface area contributed by atoms with Gasteiger partial charge < -0.3 is 9.67 Å². The van der Waals surface area contributed by atoms with Gasteiger partial charge in [0.1, 0.15) is 5.76 Å². The lowest BCUT2D eigenvalue weighted by atomic mass is 9.75. The molecule has 6 rings (SSSR count). The molecule has 3 nitrogen and oxygen atoms in total. The number of ketones is 1. The molecule has 51 heavy (non-hydrogen) atoms. The first kappa shape index (κ1) is 35.9. The average Bonchev–Trinajstić information content (AvgIpc) is 3.48. The molecular formula is C48H53NO2. The maximum atomic E-state index is 14.6. The van der Waals surface area contributed by atoms with Crippen LogP contribution in [-0.4, -0.2) is 15.5 Å². The molecule has 0 bridgehead atoms. The van der Waals surface area contributed by atoms with Crippen molar-refractivity contribution in [2.24, 2.45) is 0 Å². The molecule has 262 valence electrons. The minimum absolute atomic E-state index is 0.0424. The summed E-state index contributed by atoms with van der Waals surface area (Å²) >= 11 is 0. The van der Waals surface area contributed by atoms with E-state index in [1.54, 1.807) is 0 Å². The molecule has 0 unspecified atom stereocenters. The maximum Gasteiger partial charge on any atom is 0.201 e. The van der Waals surface area contributed by atoms with E-state index < -0.39 is 0 Å². The molecule has 4 aromatic carbocycles. The highest BCUT2D eigenvalue weighted by molar-refractivity contribution is 6.45. The molecule has 0 aliphatic heterocycles. The van der Waals surface area contributed by atoms with Gasteiger partial charge in [0.2, 0.25) is 5.78 Å². The number of carbonyl (C=O) groups excluding carboxylic acids is 1. The van der Waals surface area contributed by atoms with Crippen LogP contribution in [0.2, 0.25) is 0 Å². The number of benzene rings is 4. The topological polar surface area (TPSA) is 42.2 Å². The van der Waals surface area contributed by atoms with Crippen molar-refractivity contribution in [3.63, 3.8) is 0 Å². The lowest BCUT2D eigenvalue weighted by molar-refractivity contribution is -0.111. The van der Waals surface area contributed by atoms with Crippen LogP contribution in [0.5, 0.6) is 0 Å². The van der Waals surface area contributed by atoms with E-state index >= 15 is 0 Å². The zero-order chi connectivity index (χ0) is 35.6. The number of para-hydroxylation sites is 1. The van der Waals surface area contributed by atoms with Gasteiger partial charge in [-0.2, -0.15) is 0 Å².